The maximum Gasteiger partial charge on any atom is 0.409 e. The van der Waals surface area contributed by atoms with Gasteiger partial charge in [-0.1, -0.05) is 0 Å². The van der Waals surface area contributed by atoms with Gasteiger partial charge in [-0.25, -0.2) is 9.18 Å². The first-order valence-corrected chi connectivity index (χ1v) is 7.71. The van der Waals surface area contributed by atoms with Gasteiger partial charge in [0.1, 0.15) is 22.1 Å². The van der Waals surface area contributed by atoms with Crippen LogP contribution >= 0.6 is 15.9 Å². The van der Waals surface area contributed by atoms with Crippen LogP contribution in [0, 0.1) is 0 Å². The van der Waals surface area contributed by atoms with Gasteiger partial charge < -0.3 is 19.1 Å². The van der Waals surface area contributed by atoms with E-state index in [1.54, 1.807) is 26.4 Å². The number of alkyl halides is 1. The first-order chi connectivity index (χ1) is 10.5. The number of hydrogen-bond donors (Lipinski definition) is 0. The lowest BCUT2D eigenvalue weighted by Gasteiger charge is -2.36. The average molecular weight is 376 g/mol. The fraction of sp³-hybridized carbons (Fsp3) is 0.533. The number of ether oxygens (including phenoxy) is 3. The number of methoxy groups -OCH3 is 3. The minimum Gasteiger partial charge on any atom is -0.495 e. The van der Waals surface area contributed by atoms with Crippen molar-refractivity contribution >= 4 is 22.0 Å². The van der Waals surface area contributed by atoms with E-state index in [-0.39, 0.29) is 6.42 Å². The second-order valence-corrected chi connectivity index (χ2v) is 5.83. The molecule has 2 atom stereocenters. The van der Waals surface area contributed by atoms with Crippen LogP contribution in [0.15, 0.2) is 16.6 Å². The Morgan fingerprint density at radius 2 is 1.86 bits per heavy atom. The van der Waals surface area contributed by atoms with E-state index >= 15 is 0 Å². The van der Waals surface area contributed by atoms with Crippen molar-refractivity contribution in [3.63, 3.8) is 0 Å². The number of benzene rings is 1. The minimum atomic E-state index is -0.952. The monoisotopic (exact) mass is 375 g/mol. The predicted molar refractivity (Wildman–Crippen MR) is 83.2 cm³/mol. The van der Waals surface area contributed by atoms with Gasteiger partial charge in [0.05, 0.1) is 27.4 Å². The highest BCUT2D eigenvalue weighted by Crippen LogP contribution is 2.41. The summed E-state index contributed by atoms with van der Waals surface area (Å²) in [5.74, 6) is 1.14. The molecule has 2 rings (SSSR count). The van der Waals surface area contributed by atoms with Crippen LogP contribution in [-0.4, -0.2) is 45.0 Å². The molecule has 0 spiro atoms. The molecule has 7 heteroatoms. The molecule has 0 saturated carbocycles. The van der Waals surface area contributed by atoms with Crippen LogP contribution in [0.1, 0.15) is 24.4 Å². The summed E-state index contributed by atoms with van der Waals surface area (Å²) < 4.78 is 30.0. The molecule has 1 heterocycles. The number of likely N-dealkylation sites (tertiary alicyclic amines) is 1. The maximum absolute atomic E-state index is 13.9. The van der Waals surface area contributed by atoms with Crippen molar-refractivity contribution in [3.05, 3.63) is 22.2 Å². The van der Waals surface area contributed by atoms with Gasteiger partial charge >= 0.3 is 6.09 Å². The van der Waals surface area contributed by atoms with E-state index in [2.05, 4.69) is 15.9 Å². The summed E-state index contributed by atoms with van der Waals surface area (Å²) in [7, 11) is 4.41. The second kappa shape index (κ2) is 7.17. The number of carbonyl (C=O) groups is 1. The first-order valence-electron chi connectivity index (χ1n) is 6.91. The lowest BCUT2D eigenvalue weighted by atomic mass is 9.94. The minimum absolute atomic E-state index is 0.225. The van der Waals surface area contributed by atoms with Crippen LogP contribution in [0.4, 0.5) is 9.18 Å². The normalized spacial score (nSPS) is 21.4. The number of nitrogens with zero attached hydrogens (tertiary/aromatic N) is 1. The number of amides is 1. The molecule has 1 saturated heterocycles. The molecule has 0 unspecified atom stereocenters. The van der Waals surface area contributed by atoms with Gasteiger partial charge in [-0.15, -0.1) is 0 Å². The number of piperidine rings is 1. The van der Waals surface area contributed by atoms with Crippen molar-refractivity contribution in [2.75, 3.05) is 27.9 Å². The number of hydrogen-bond acceptors (Lipinski definition) is 4. The molecule has 1 aromatic carbocycles. The smallest absolute Gasteiger partial charge is 0.409 e. The third-order valence-electron chi connectivity index (χ3n) is 3.80. The Kier molecular flexibility index (Phi) is 5.50. The van der Waals surface area contributed by atoms with E-state index in [9.17, 15) is 9.18 Å². The predicted octanol–water partition coefficient (Wildman–Crippen LogP) is 3.71. The van der Waals surface area contributed by atoms with Crippen molar-refractivity contribution in [1.82, 2.24) is 4.90 Å². The number of carbonyl (C=O) groups excluding carboxylic acids is 1. The van der Waals surface area contributed by atoms with Crippen molar-refractivity contribution in [1.29, 1.82) is 0 Å². The highest BCUT2D eigenvalue weighted by atomic mass is 79.9. The van der Waals surface area contributed by atoms with Crippen molar-refractivity contribution in [2.24, 2.45) is 0 Å². The molecule has 0 N–H and O–H groups in total. The zero-order chi connectivity index (χ0) is 16.3. The molecule has 0 bridgehead atoms. The Morgan fingerprint density at radius 1 is 1.27 bits per heavy atom. The van der Waals surface area contributed by atoms with E-state index in [4.69, 9.17) is 14.2 Å². The zero-order valence-electron chi connectivity index (χ0n) is 12.8. The van der Waals surface area contributed by atoms with Crippen LogP contribution in [0.2, 0.25) is 0 Å². The highest BCUT2D eigenvalue weighted by molar-refractivity contribution is 9.10. The number of rotatable bonds is 3. The first kappa shape index (κ1) is 16.9. The molecule has 1 aliphatic heterocycles. The summed E-state index contributed by atoms with van der Waals surface area (Å²) >= 11 is 3.40. The van der Waals surface area contributed by atoms with E-state index in [0.717, 1.165) is 5.56 Å². The van der Waals surface area contributed by atoms with Crippen LogP contribution < -0.4 is 9.47 Å². The topological polar surface area (TPSA) is 48.0 Å². The molecule has 0 aliphatic carbocycles. The summed E-state index contributed by atoms with van der Waals surface area (Å²) in [5, 5.41) is 0. The summed E-state index contributed by atoms with van der Waals surface area (Å²) in [6, 6.07) is 3.16. The van der Waals surface area contributed by atoms with Crippen LogP contribution in [0.5, 0.6) is 11.5 Å². The molecule has 22 heavy (non-hydrogen) atoms. The summed E-state index contributed by atoms with van der Waals surface area (Å²) in [6.07, 6.45) is -0.872. The van der Waals surface area contributed by atoms with Crippen LogP contribution in [-0.2, 0) is 4.74 Å². The Bertz CT molecular complexity index is 529. The second-order valence-electron chi connectivity index (χ2n) is 5.04. The molecular formula is C15H19BrFNO4. The van der Waals surface area contributed by atoms with Gasteiger partial charge in [0, 0.05) is 13.0 Å². The quantitative estimate of drug-likeness (QED) is 0.807. The fourth-order valence-electron chi connectivity index (χ4n) is 2.66. The number of halogens is 2. The van der Waals surface area contributed by atoms with E-state index < -0.39 is 18.3 Å². The molecule has 1 aromatic rings. The molecule has 1 aliphatic rings. The maximum atomic E-state index is 13.9. The van der Waals surface area contributed by atoms with E-state index in [1.807, 2.05) is 0 Å². The third-order valence-corrected chi connectivity index (χ3v) is 4.58. The van der Waals surface area contributed by atoms with E-state index in [0.29, 0.717) is 28.9 Å². The van der Waals surface area contributed by atoms with Crippen LogP contribution in [0.3, 0.4) is 0 Å². The summed E-state index contributed by atoms with van der Waals surface area (Å²) in [4.78, 5) is 13.5. The third kappa shape index (κ3) is 3.29. The van der Waals surface area contributed by atoms with Gasteiger partial charge in [0.25, 0.3) is 0 Å². The largest absolute Gasteiger partial charge is 0.495 e. The highest BCUT2D eigenvalue weighted by Gasteiger charge is 2.34. The van der Waals surface area contributed by atoms with Crippen molar-refractivity contribution in [3.8, 4) is 11.5 Å². The lowest BCUT2D eigenvalue weighted by molar-refractivity contribution is 0.0658. The Labute approximate surface area is 137 Å². The summed E-state index contributed by atoms with van der Waals surface area (Å²) in [5.41, 5.74) is 0.754. The van der Waals surface area contributed by atoms with Gasteiger partial charge in [-0.3, -0.25) is 0 Å². The average Bonchev–Trinajstić information content (AvgIpc) is 2.54. The molecular weight excluding hydrogens is 357 g/mol. The van der Waals surface area contributed by atoms with Gasteiger partial charge in [-0.2, -0.15) is 0 Å². The Balaban J connectivity index is 2.43. The SMILES string of the molecule is COC(=O)N1CC[C@@H](F)C[C@@H]1c1cc(OC)c(Br)c(OC)c1. The van der Waals surface area contributed by atoms with Gasteiger partial charge in [0.15, 0.2) is 0 Å². The van der Waals surface area contributed by atoms with Crippen LogP contribution in [0.25, 0.3) is 0 Å². The van der Waals surface area contributed by atoms with Gasteiger partial charge in [0.2, 0.25) is 0 Å². The molecule has 1 fully saturated rings. The molecule has 0 radical (unpaired) electrons. The standard InChI is InChI=1S/C15H19BrFNO4/c1-20-12-6-9(7-13(21-2)14(12)16)11-8-10(17)4-5-18(11)15(19)22-3/h6-7,10-11H,4-5,8H2,1-3H3/t10-,11-/m1/s1. The lowest BCUT2D eigenvalue weighted by Crippen LogP contribution is -2.41. The van der Waals surface area contributed by atoms with E-state index in [1.165, 1.54) is 12.0 Å². The van der Waals surface area contributed by atoms with Crippen molar-refractivity contribution in [2.45, 2.75) is 25.1 Å². The zero-order valence-corrected chi connectivity index (χ0v) is 14.4. The molecule has 122 valence electrons. The van der Waals surface area contributed by atoms with Crippen molar-refractivity contribution < 1.29 is 23.4 Å². The molecule has 5 nitrogen and oxygen atoms in total. The fourth-order valence-corrected chi connectivity index (χ4v) is 3.21. The Morgan fingerprint density at radius 3 is 2.36 bits per heavy atom. The molecule has 0 aromatic heterocycles. The molecule has 1 amide bonds. The summed E-state index contributed by atoms with van der Waals surface area (Å²) in [6.45, 7) is 0.319. The van der Waals surface area contributed by atoms with Gasteiger partial charge in [-0.05, 0) is 40.0 Å². The Hall–Kier alpha value is -1.50.